The number of nitrogens with two attached hydrogens (primary N) is 1. The molecule has 1 aliphatic rings. The molecule has 1 fully saturated rings. The molecule has 1 aromatic carbocycles. The van der Waals surface area contributed by atoms with Crippen LogP contribution in [0.4, 0.5) is 5.69 Å². The van der Waals surface area contributed by atoms with Crippen LogP contribution in [0, 0.1) is 0 Å². The highest BCUT2D eigenvalue weighted by Gasteiger charge is 2.15. The molecule has 2 rings (SSSR count). The van der Waals surface area contributed by atoms with Crippen LogP contribution in [0.25, 0.3) is 0 Å². The SMILES string of the molecule is NCCOc1ccc(NC(=O)CCC2CCCCO2)cc1. The summed E-state index contributed by atoms with van der Waals surface area (Å²) >= 11 is 0. The minimum absolute atomic E-state index is 0.0276. The summed E-state index contributed by atoms with van der Waals surface area (Å²) in [5.74, 6) is 0.786. The van der Waals surface area contributed by atoms with Crippen molar-refractivity contribution in [2.45, 2.75) is 38.2 Å². The van der Waals surface area contributed by atoms with Gasteiger partial charge in [-0.1, -0.05) is 0 Å². The number of nitrogens with one attached hydrogen (secondary N) is 1. The molecule has 0 spiro atoms. The summed E-state index contributed by atoms with van der Waals surface area (Å²) in [6, 6.07) is 7.33. The first-order chi connectivity index (χ1) is 10.3. The third kappa shape index (κ3) is 5.73. The standard InChI is InChI=1S/C16H24N2O3/c17-10-12-21-15-6-4-13(5-7-15)18-16(19)9-8-14-3-1-2-11-20-14/h4-7,14H,1-3,8-12,17H2,(H,18,19). The topological polar surface area (TPSA) is 73.6 Å². The molecule has 116 valence electrons. The minimum atomic E-state index is 0.0276. The maximum atomic E-state index is 11.9. The van der Waals surface area contributed by atoms with E-state index >= 15 is 0 Å². The van der Waals surface area contributed by atoms with E-state index in [1.165, 1.54) is 6.42 Å². The van der Waals surface area contributed by atoms with Gasteiger partial charge in [0.2, 0.25) is 5.91 Å². The first kappa shape index (κ1) is 15.8. The number of benzene rings is 1. The van der Waals surface area contributed by atoms with Crippen molar-refractivity contribution in [2.24, 2.45) is 5.73 Å². The number of anilines is 1. The molecular formula is C16H24N2O3. The Bertz CT molecular complexity index is 428. The number of carbonyl (C=O) groups is 1. The van der Waals surface area contributed by atoms with Crippen molar-refractivity contribution in [3.05, 3.63) is 24.3 Å². The molecule has 1 unspecified atom stereocenters. The maximum Gasteiger partial charge on any atom is 0.224 e. The van der Waals surface area contributed by atoms with Gasteiger partial charge in [0.05, 0.1) is 6.10 Å². The number of ether oxygens (including phenoxy) is 2. The first-order valence-corrected chi connectivity index (χ1v) is 7.62. The van der Waals surface area contributed by atoms with E-state index in [9.17, 15) is 4.79 Å². The number of carbonyl (C=O) groups excluding carboxylic acids is 1. The average molecular weight is 292 g/mol. The van der Waals surface area contributed by atoms with Crippen LogP contribution in [0.1, 0.15) is 32.1 Å². The van der Waals surface area contributed by atoms with Gasteiger partial charge in [0.25, 0.3) is 0 Å². The van der Waals surface area contributed by atoms with Crippen molar-refractivity contribution in [1.82, 2.24) is 0 Å². The van der Waals surface area contributed by atoms with E-state index in [4.69, 9.17) is 15.2 Å². The summed E-state index contributed by atoms with van der Waals surface area (Å²) in [6.45, 7) is 1.81. The van der Waals surface area contributed by atoms with Crippen molar-refractivity contribution in [2.75, 3.05) is 25.1 Å². The Morgan fingerprint density at radius 1 is 1.33 bits per heavy atom. The third-order valence-electron chi connectivity index (χ3n) is 3.49. The van der Waals surface area contributed by atoms with Gasteiger partial charge in [0, 0.05) is 25.3 Å². The molecule has 1 amide bonds. The fraction of sp³-hybridized carbons (Fsp3) is 0.562. The van der Waals surface area contributed by atoms with E-state index in [1.807, 2.05) is 24.3 Å². The van der Waals surface area contributed by atoms with Crippen LogP contribution in [0.5, 0.6) is 5.75 Å². The molecule has 0 aliphatic carbocycles. The summed E-state index contributed by atoms with van der Waals surface area (Å²) in [5, 5.41) is 2.89. The number of hydrogen-bond acceptors (Lipinski definition) is 4. The highest BCUT2D eigenvalue weighted by atomic mass is 16.5. The van der Waals surface area contributed by atoms with E-state index in [0.717, 1.165) is 37.3 Å². The summed E-state index contributed by atoms with van der Waals surface area (Å²) in [6.07, 6.45) is 4.95. The molecule has 5 nitrogen and oxygen atoms in total. The molecule has 1 atom stereocenters. The predicted octanol–water partition coefficient (Wildman–Crippen LogP) is 2.31. The normalized spacial score (nSPS) is 18.2. The predicted molar refractivity (Wildman–Crippen MR) is 82.4 cm³/mol. The van der Waals surface area contributed by atoms with Gasteiger partial charge < -0.3 is 20.5 Å². The van der Waals surface area contributed by atoms with Crippen LogP contribution < -0.4 is 15.8 Å². The Kier molecular flexibility index (Phi) is 6.50. The molecule has 0 aromatic heterocycles. The van der Waals surface area contributed by atoms with Gasteiger partial charge in [-0.2, -0.15) is 0 Å². The van der Waals surface area contributed by atoms with Crippen LogP contribution in [-0.2, 0) is 9.53 Å². The largest absolute Gasteiger partial charge is 0.492 e. The number of amides is 1. The van der Waals surface area contributed by atoms with E-state index in [0.29, 0.717) is 19.6 Å². The lowest BCUT2D eigenvalue weighted by Gasteiger charge is -2.22. The summed E-state index contributed by atoms with van der Waals surface area (Å²) in [5.41, 5.74) is 6.16. The highest BCUT2D eigenvalue weighted by Crippen LogP contribution is 2.18. The monoisotopic (exact) mass is 292 g/mol. The highest BCUT2D eigenvalue weighted by molar-refractivity contribution is 5.90. The van der Waals surface area contributed by atoms with Gasteiger partial charge >= 0.3 is 0 Å². The minimum Gasteiger partial charge on any atom is -0.492 e. The molecular weight excluding hydrogens is 268 g/mol. The molecule has 1 saturated heterocycles. The Labute approximate surface area is 125 Å². The van der Waals surface area contributed by atoms with Crippen molar-refractivity contribution in [1.29, 1.82) is 0 Å². The smallest absolute Gasteiger partial charge is 0.224 e. The van der Waals surface area contributed by atoms with E-state index in [1.54, 1.807) is 0 Å². The van der Waals surface area contributed by atoms with Crippen molar-refractivity contribution < 1.29 is 14.3 Å². The van der Waals surface area contributed by atoms with Crippen molar-refractivity contribution in [3.8, 4) is 5.75 Å². The fourth-order valence-electron chi connectivity index (χ4n) is 2.36. The van der Waals surface area contributed by atoms with Gasteiger partial charge in [0.15, 0.2) is 0 Å². The van der Waals surface area contributed by atoms with Crippen LogP contribution in [0.3, 0.4) is 0 Å². The van der Waals surface area contributed by atoms with Crippen molar-refractivity contribution >= 4 is 11.6 Å². The Morgan fingerprint density at radius 3 is 2.81 bits per heavy atom. The van der Waals surface area contributed by atoms with E-state index in [2.05, 4.69) is 5.32 Å². The number of rotatable bonds is 7. The fourth-order valence-corrected chi connectivity index (χ4v) is 2.36. The van der Waals surface area contributed by atoms with Crippen LogP contribution in [0.2, 0.25) is 0 Å². The van der Waals surface area contributed by atoms with Gasteiger partial charge in [-0.25, -0.2) is 0 Å². The molecule has 0 saturated carbocycles. The van der Waals surface area contributed by atoms with Crippen molar-refractivity contribution in [3.63, 3.8) is 0 Å². The molecule has 5 heteroatoms. The Morgan fingerprint density at radius 2 is 2.14 bits per heavy atom. The van der Waals surface area contributed by atoms with Gasteiger partial charge in [-0.3, -0.25) is 4.79 Å². The average Bonchev–Trinajstić information content (AvgIpc) is 2.53. The second-order valence-corrected chi connectivity index (χ2v) is 5.24. The summed E-state index contributed by atoms with van der Waals surface area (Å²) in [7, 11) is 0. The van der Waals surface area contributed by atoms with Crippen LogP contribution >= 0.6 is 0 Å². The molecule has 0 radical (unpaired) electrons. The summed E-state index contributed by atoms with van der Waals surface area (Å²) in [4.78, 5) is 11.9. The number of hydrogen-bond donors (Lipinski definition) is 2. The van der Waals surface area contributed by atoms with E-state index in [-0.39, 0.29) is 12.0 Å². The molecule has 1 aliphatic heterocycles. The first-order valence-electron chi connectivity index (χ1n) is 7.62. The van der Waals surface area contributed by atoms with Gasteiger partial charge in [-0.15, -0.1) is 0 Å². The second kappa shape index (κ2) is 8.64. The zero-order valence-electron chi connectivity index (χ0n) is 12.3. The van der Waals surface area contributed by atoms with Gasteiger partial charge in [0.1, 0.15) is 12.4 Å². The van der Waals surface area contributed by atoms with E-state index < -0.39 is 0 Å². The zero-order valence-corrected chi connectivity index (χ0v) is 12.3. The molecule has 21 heavy (non-hydrogen) atoms. The molecule has 0 bridgehead atoms. The van der Waals surface area contributed by atoms with Gasteiger partial charge in [-0.05, 0) is 49.9 Å². The third-order valence-corrected chi connectivity index (χ3v) is 3.49. The maximum absolute atomic E-state index is 11.9. The van der Waals surface area contributed by atoms with Crippen LogP contribution in [0.15, 0.2) is 24.3 Å². The molecule has 3 N–H and O–H groups in total. The van der Waals surface area contributed by atoms with Crippen LogP contribution in [-0.4, -0.2) is 31.8 Å². The molecule has 1 aromatic rings. The lowest BCUT2D eigenvalue weighted by atomic mass is 10.0. The summed E-state index contributed by atoms with van der Waals surface area (Å²) < 4.78 is 11.0. The molecule has 1 heterocycles. The Hall–Kier alpha value is -1.59. The Balaban J connectivity index is 1.71. The lowest BCUT2D eigenvalue weighted by molar-refractivity contribution is -0.117. The lowest BCUT2D eigenvalue weighted by Crippen LogP contribution is -2.21. The quantitative estimate of drug-likeness (QED) is 0.809. The second-order valence-electron chi connectivity index (χ2n) is 5.24. The zero-order chi connectivity index (χ0) is 14.9.